The summed E-state index contributed by atoms with van der Waals surface area (Å²) in [6.45, 7) is 3.18. The molecule has 1 amide bonds. The summed E-state index contributed by atoms with van der Waals surface area (Å²) in [5.74, 6) is 2.72. The monoisotopic (exact) mass is 415 g/mol. The molecular formula is C21H29N5O4. The maximum atomic E-state index is 11.7. The van der Waals surface area contributed by atoms with Crippen LogP contribution in [0.3, 0.4) is 0 Å². The van der Waals surface area contributed by atoms with Crippen molar-refractivity contribution in [1.29, 1.82) is 0 Å². The fourth-order valence-electron chi connectivity index (χ4n) is 4.09. The second-order valence-corrected chi connectivity index (χ2v) is 7.72. The third-order valence-corrected chi connectivity index (χ3v) is 5.73. The molecule has 0 spiro atoms. The molecular weight excluding hydrogens is 386 g/mol. The van der Waals surface area contributed by atoms with Crippen molar-refractivity contribution in [1.82, 2.24) is 14.8 Å². The van der Waals surface area contributed by atoms with Crippen molar-refractivity contribution < 1.29 is 19.0 Å². The van der Waals surface area contributed by atoms with Crippen LogP contribution in [-0.4, -0.2) is 54.1 Å². The molecule has 0 saturated carbocycles. The largest absolute Gasteiger partial charge is 0.497 e. The van der Waals surface area contributed by atoms with Crippen molar-refractivity contribution in [3.8, 4) is 11.5 Å². The topological polar surface area (TPSA) is 105 Å². The van der Waals surface area contributed by atoms with Gasteiger partial charge in [0.1, 0.15) is 24.2 Å². The Morgan fingerprint density at radius 1 is 1.20 bits per heavy atom. The van der Waals surface area contributed by atoms with Crippen LogP contribution in [0, 0.1) is 5.92 Å². The van der Waals surface area contributed by atoms with E-state index in [9.17, 15) is 4.79 Å². The van der Waals surface area contributed by atoms with Crippen LogP contribution in [0.4, 0.5) is 5.95 Å². The van der Waals surface area contributed by atoms with Crippen molar-refractivity contribution in [3.05, 3.63) is 30.1 Å². The van der Waals surface area contributed by atoms with Gasteiger partial charge < -0.3 is 24.8 Å². The smallest absolute Gasteiger partial charge is 0.227 e. The summed E-state index contributed by atoms with van der Waals surface area (Å²) in [6, 6.07) is 7.51. The first-order valence-corrected chi connectivity index (χ1v) is 10.5. The first kappa shape index (κ1) is 20.5. The fourth-order valence-corrected chi connectivity index (χ4v) is 4.09. The SMILES string of the molecule is COc1ccc(OCCn2c([C@H]3CCCO3)nnc2N2CCCC(C(N)=O)C2)cc1. The van der Waals surface area contributed by atoms with E-state index in [-0.39, 0.29) is 17.9 Å². The zero-order chi connectivity index (χ0) is 20.9. The molecule has 0 aliphatic carbocycles. The van der Waals surface area contributed by atoms with Crippen LogP contribution in [0.15, 0.2) is 24.3 Å². The highest BCUT2D eigenvalue weighted by molar-refractivity contribution is 5.77. The Kier molecular flexibility index (Phi) is 6.37. The second-order valence-electron chi connectivity index (χ2n) is 7.72. The number of nitrogens with two attached hydrogens (primary N) is 1. The molecule has 1 unspecified atom stereocenters. The molecule has 1 aromatic heterocycles. The van der Waals surface area contributed by atoms with Gasteiger partial charge in [0.25, 0.3) is 0 Å². The van der Waals surface area contributed by atoms with Gasteiger partial charge in [-0.05, 0) is 49.9 Å². The molecule has 2 fully saturated rings. The minimum atomic E-state index is -0.257. The minimum absolute atomic E-state index is 0.0519. The van der Waals surface area contributed by atoms with Crippen LogP contribution < -0.4 is 20.1 Å². The zero-order valence-electron chi connectivity index (χ0n) is 17.3. The average Bonchev–Trinajstić information content (AvgIpc) is 3.44. The normalized spacial score (nSPS) is 21.6. The minimum Gasteiger partial charge on any atom is -0.497 e. The number of methoxy groups -OCH3 is 1. The summed E-state index contributed by atoms with van der Waals surface area (Å²) < 4.78 is 19.0. The number of nitrogens with zero attached hydrogens (tertiary/aromatic N) is 4. The number of aromatic nitrogens is 3. The summed E-state index contributed by atoms with van der Waals surface area (Å²) in [4.78, 5) is 13.8. The summed E-state index contributed by atoms with van der Waals surface area (Å²) in [6.07, 6.45) is 3.62. The standard InChI is InChI=1S/C21H29N5O4/c1-28-16-6-8-17(9-7-16)29-13-11-26-20(18-5-3-12-30-18)23-24-21(26)25-10-2-4-15(14-25)19(22)27/h6-9,15,18H,2-5,10-14H2,1H3,(H2,22,27)/t15?,18-/m1/s1. The lowest BCUT2D eigenvalue weighted by atomic mass is 9.98. The highest BCUT2D eigenvalue weighted by atomic mass is 16.5. The summed E-state index contributed by atoms with van der Waals surface area (Å²) in [5.41, 5.74) is 5.56. The summed E-state index contributed by atoms with van der Waals surface area (Å²) in [7, 11) is 1.64. The molecule has 2 aliphatic rings. The second kappa shape index (κ2) is 9.34. The van der Waals surface area contributed by atoms with Crippen LogP contribution in [0.1, 0.15) is 37.6 Å². The molecule has 2 aliphatic heterocycles. The molecule has 1 aromatic carbocycles. The Bertz CT molecular complexity index is 848. The highest BCUT2D eigenvalue weighted by Gasteiger charge is 2.30. The number of piperidine rings is 1. The first-order chi connectivity index (χ1) is 14.7. The van der Waals surface area contributed by atoms with E-state index >= 15 is 0 Å². The predicted molar refractivity (Wildman–Crippen MR) is 111 cm³/mol. The molecule has 2 saturated heterocycles. The van der Waals surface area contributed by atoms with Gasteiger partial charge in [-0.2, -0.15) is 0 Å². The molecule has 4 rings (SSSR count). The van der Waals surface area contributed by atoms with Gasteiger partial charge in [-0.3, -0.25) is 9.36 Å². The number of amides is 1. The van der Waals surface area contributed by atoms with Crippen molar-refractivity contribution in [3.63, 3.8) is 0 Å². The van der Waals surface area contributed by atoms with E-state index < -0.39 is 0 Å². The van der Waals surface area contributed by atoms with Crippen molar-refractivity contribution in [2.75, 3.05) is 38.3 Å². The van der Waals surface area contributed by atoms with E-state index in [1.807, 2.05) is 24.3 Å². The fraction of sp³-hybridized carbons (Fsp3) is 0.571. The van der Waals surface area contributed by atoms with Gasteiger partial charge >= 0.3 is 0 Å². The molecule has 2 N–H and O–H groups in total. The van der Waals surface area contributed by atoms with Crippen molar-refractivity contribution in [2.45, 2.75) is 38.3 Å². The van der Waals surface area contributed by atoms with Crippen molar-refractivity contribution in [2.24, 2.45) is 11.7 Å². The van der Waals surface area contributed by atoms with Crippen LogP contribution in [-0.2, 0) is 16.1 Å². The van der Waals surface area contributed by atoms with Gasteiger partial charge in [0.05, 0.1) is 19.6 Å². The number of carbonyl (C=O) groups is 1. The summed E-state index contributed by atoms with van der Waals surface area (Å²) in [5, 5.41) is 8.91. The third-order valence-electron chi connectivity index (χ3n) is 5.73. The number of primary amides is 1. The first-order valence-electron chi connectivity index (χ1n) is 10.5. The molecule has 0 bridgehead atoms. The Hall–Kier alpha value is -2.81. The lowest BCUT2D eigenvalue weighted by Crippen LogP contribution is -2.42. The molecule has 9 nitrogen and oxygen atoms in total. The number of ether oxygens (including phenoxy) is 3. The molecule has 3 heterocycles. The van der Waals surface area contributed by atoms with Gasteiger partial charge in [-0.25, -0.2) is 0 Å². The van der Waals surface area contributed by atoms with Gasteiger partial charge in [0.15, 0.2) is 5.82 Å². The third kappa shape index (κ3) is 4.51. The molecule has 162 valence electrons. The number of benzene rings is 1. The Balaban J connectivity index is 1.50. The lowest BCUT2D eigenvalue weighted by Gasteiger charge is -2.32. The van der Waals surface area contributed by atoms with E-state index in [1.54, 1.807) is 7.11 Å². The van der Waals surface area contributed by atoms with Crippen molar-refractivity contribution >= 4 is 11.9 Å². The van der Waals surface area contributed by atoms with E-state index in [2.05, 4.69) is 19.7 Å². The van der Waals surface area contributed by atoms with Gasteiger partial charge in [0, 0.05) is 19.7 Å². The highest BCUT2D eigenvalue weighted by Crippen LogP contribution is 2.31. The predicted octanol–water partition coefficient (Wildman–Crippen LogP) is 1.92. The van der Waals surface area contributed by atoms with E-state index in [1.165, 1.54) is 0 Å². The number of rotatable bonds is 8. The lowest BCUT2D eigenvalue weighted by molar-refractivity contribution is -0.122. The molecule has 0 radical (unpaired) electrons. The van der Waals surface area contributed by atoms with Crippen LogP contribution in [0.2, 0.25) is 0 Å². The Labute approximate surface area is 176 Å². The maximum Gasteiger partial charge on any atom is 0.227 e. The number of hydrogen-bond donors (Lipinski definition) is 1. The molecule has 2 aromatic rings. The quantitative estimate of drug-likeness (QED) is 0.702. The van der Waals surface area contributed by atoms with Crippen LogP contribution >= 0.6 is 0 Å². The van der Waals surface area contributed by atoms with E-state index in [0.29, 0.717) is 19.7 Å². The number of hydrogen-bond acceptors (Lipinski definition) is 7. The van der Waals surface area contributed by atoms with Crippen LogP contribution in [0.25, 0.3) is 0 Å². The van der Waals surface area contributed by atoms with E-state index in [4.69, 9.17) is 19.9 Å². The van der Waals surface area contributed by atoms with E-state index in [0.717, 1.165) is 62.1 Å². The summed E-state index contributed by atoms with van der Waals surface area (Å²) >= 11 is 0. The average molecular weight is 415 g/mol. The zero-order valence-corrected chi connectivity index (χ0v) is 17.3. The number of anilines is 1. The number of carbonyl (C=O) groups excluding carboxylic acids is 1. The van der Waals surface area contributed by atoms with Gasteiger partial charge in [-0.1, -0.05) is 0 Å². The van der Waals surface area contributed by atoms with Crippen LogP contribution in [0.5, 0.6) is 11.5 Å². The molecule has 2 atom stereocenters. The Morgan fingerprint density at radius 3 is 2.70 bits per heavy atom. The van der Waals surface area contributed by atoms with Gasteiger partial charge in [0.2, 0.25) is 11.9 Å². The Morgan fingerprint density at radius 2 is 2.00 bits per heavy atom. The maximum absolute atomic E-state index is 11.7. The van der Waals surface area contributed by atoms with Gasteiger partial charge in [-0.15, -0.1) is 10.2 Å². The molecule has 9 heteroatoms. The molecule has 30 heavy (non-hydrogen) atoms.